The molecule has 0 fully saturated rings. The second kappa shape index (κ2) is 8.49. The van der Waals surface area contributed by atoms with Crippen LogP contribution in [-0.2, 0) is 16.1 Å². The Balaban J connectivity index is 2.05. The Morgan fingerprint density at radius 1 is 1.00 bits per heavy atom. The van der Waals surface area contributed by atoms with E-state index in [-0.39, 0.29) is 23.5 Å². The Morgan fingerprint density at radius 3 is 2.03 bits per heavy atom. The summed E-state index contributed by atoms with van der Waals surface area (Å²) in [5.41, 5.74) is 1.80. The molecule has 1 aliphatic heterocycles. The highest BCUT2D eigenvalue weighted by Gasteiger charge is 2.45. The van der Waals surface area contributed by atoms with Crippen LogP contribution in [0.15, 0.2) is 59.9 Å². The first kappa shape index (κ1) is 23.1. The lowest BCUT2D eigenvalue weighted by Crippen LogP contribution is -2.32. The molecule has 0 aliphatic carbocycles. The van der Waals surface area contributed by atoms with Crippen molar-refractivity contribution >= 4 is 23.3 Å². The summed E-state index contributed by atoms with van der Waals surface area (Å²) in [5.74, 6) is -2.49. The number of aromatic carboxylic acids is 1. The lowest BCUT2D eigenvalue weighted by molar-refractivity contribution is -0.130. The van der Waals surface area contributed by atoms with Gasteiger partial charge in [0.15, 0.2) is 11.5 Å². The van der Waals surface area contributed by atoms with Gasteiger partial charge in [0.2, 0.25) is 0 Å². The van der Waals surface area contributed by atoms with Crippen molar-refractivity contribution in [1.82, 2.24) is 4.90 Å². The summed E-state index contributed by atoms with van der Waals surface area (Å²) in [6, 6.07) is 12.9. The zero-order valence-corrected chi connectivity index (χ0v) is 18.9. The van der Waals surface area contributed by atoms with Crippen LogP contribution in [0.25, 0.3) is 0 Å². The molecule has 1 amide bonds. The van der Waals surface area contributed by atoms with Crippen LogP contribution in [0.5, 0.6) is 0 Å². The number of carbonyl (C=O) groups is 3. The Morgan fingerprint density at radius 2 is 1.56 bits per heavy atom. The molecule has 32 heavy (non-hydrogen) atoms. The molecule has 1 unspecified atom stereocenters. The standard InChI is InChI=1S/C25H28N2O5/c1-25(2,3)22(29)19-20(16-10-12-18(13-11-16)26(4)5)27(23(30)21(19)28)14-15-6-8-17(9-7-15)24(31)32/h6-13,20,28H,14H2,1-5H3,(H,31,32). The summed E-state index contributed by atoms with van der Waals surface area (Å²) >= 11 is 0. The number of rotatable bonds is 6. The highest BCUT2D eigenvalue weighted by Crippen LogP contribution is 2.42. The molecule has 1 heterocycles. The van der Waals surface area contributed by atoms with Crippen LogP contribution in [0.2, 0.25) is 0 Å². The molecule has 168 valence electrons. The Kier molecular flexibility index (Phi) is 6.12. The molecule has 0 spiro atoms. The number of nitrogens with zero attached hydrogens (tertiary/aromatic N) is 2. The normalized spacial score (nSPS) is 16.5. The van der Waals surface area contributed by atoms with E-state index in [0.717, 1.165) is 5.69 Å². The van der Waals surface area contributed by atoms with E-state index < -0.39 is 29.1 Å². The van der Waals surface area contributed by atoms with Gasteiger partial charge in [0.05, 0.1) is 17.2 Å². The Labute approximate surface area is 187 Å². The maximum atomic E-state index is 13.2. The minimum atomic E-state index is -1.04. The largest absolute Gasteiger partial charge is 0.503 e. The van der Waals surface area contributed by atoms with E-state index >= 15 is 0 Å². The van der Waals surface area contributed by atoms with Gasteiger partial charge in [0.1, 0.15) is 0 Å². The first-order valence-electron chi connectivity index (χ1n) is 10.3. The average Bonchev–Trinajstić information content (AvgIpc) is 2.97. The number of amides is 1. The monoisotopic (exact) mass is 436 g/mol. The molecule has 0 radical (unpaired) electrons. The third-order valence-electron chi connectivity index (χ3n) is 5.51. The van der Waals surface area contributed by atoms with Crippen molar-refractivity contribution in [3.05, 3.63) is 76.6 Å². The zero-order valence-electron chi connectivity index (χ0n) is 18.9. The molecule has 0 saturated carbocycles. The fourth-order valence-corrected chi connectivity index (χ4v) is 3.70. The maximum absolute atomic E-state index is 13.2. The fraction of sp³-hybridized carbons (Fsp3) is 0.320. The van der Waals surface area contributed by atoms with E-state index in [9.17, 15) is 19.5 Å². The van der Waals surface area contributed by atoms with Crippen molar-refractivity contribution in [2.75, 3.05) is 19.0 Å². The van der Waals surface area contributed by atoms with E-state index in [4.69, 9.17) is 5.11 Å². The van der Waals surface area contributed by atoms with Crippen LogP contribution in [0.3, 0.4) is 0 Å². The number of hydrogen-bond donors (Lipinski definition) is 2. The van der Waals surface area contributed by atoms with Gasteiger partial charge in [0.25, 0.3) is 5.91 Å². The smallest absolute Gasteiger partial charge is 0.335 e. The first-order valence-corrected chi connectivity index (χ1v) is 10.3. The van der Waals surface area contributed by atoms with E-state index in [1.54, 1.807) is 32.9 Å². The van der Waals surface area contributed by atoms with Gasteiger partial charge in [-0.3, -0.25) is 9.59 Å². The molecule has 0 aromatic heterocycles. The molecule has 3 rings (SSSR count). The number of anilines is 1. The van der Waals surface area contributed by atoms with Gasteiger partial charge in [0, 0.05) is 31.7 Å². The minimum absolute atomic E-state index is 0.0854. The maximum Gasteiger partial charge on any atom is 0.335 e. The van der Waals surface area contributed by atoms with Crippen molar-refractivity contribution in [2.45, 2.75) is 33.4 Å². The predicted molar refractivity (Wildman–Crippen MR) is 122 cm³/mol. The van der Waals surface area contributed by atoms with Gasteiger partial charge < -0.3 is 20.0 Å². The van der Waals surface area contributed by atoms with Gasteiger partial charge in [-0.1, -0.05) is 45.0 Å². The number of Topliss-reactive ketones (excluding diaryl/α,β-unsaturated/α-hetero) is 1. The topological polar surface area (TPSA) is 98.2 Å². The summed E-state index contributed by atoms with van der Waals surface area (Å²) in [6.07, 6.45) is 0. The lowest BCUT2D eigenvalue weighted by Gasteiger charge is -2.29. The number of aliphatic hydroxyl groups excluding tert-OH is 1. The molecule has 2 N–H and O–H groups in total. The molecule has 1 aliphatic rings. The zero-order chi connectivity index (χ0) is 23.8. The summed E-state index contributed by atoms with van der Waals surface area (Å²) in [7, 11) is 3.84. The second-order valence-corrected chi connectivity index (χ2v) is 9.17. The first-order chi connectivity index (χ1) is 14.9. The van der Waals surface area contributed by atoms with Crippen molar-refractivity contribution in [1.29, 1.82) is 0 Å². The number of ketones is 1. The third-order valence-corrected chi connectivity index (χ3v) is 5.51. The number of benzene rings is 2. The van der Waals surface area contributed by atoms with Crippen molar-refractivity contribution in [2.24, 2.45) is 5.41 Å². The van der Waals surface area contributed by atoms with E-state index in [1.807, 2.05) is 43.3 Å². The predicted octanol–water partition coefficient (Wildman–Crippen LogP) is 3.96. The minimum Gasteiger partial charge on any atom is -0.503 e. The third kappa shape index (κ3) is 4.37. The molecule has 7 nitrogen and oxygen atoms in total. The van der Waals surface area contributed by atoms with Crippen LogP contribution < -0.4 is 4.90 Å². The van der Waals surface area contributed by atoms with E-state index in [1.165, 1.54) is 17.0 Å². The summed E-state index contributed by atoms with van der Waals surface area (Å²) in [5, 5.41) is 19.8. The number of carboxylic acid groups (broad SMARTS) is 1. The fourth-order valence-electron chi connectivity index (χ4n) is 3.70. The van der Waals surface area contributed by atoms with E-state index in [2.05, 4.69) is 0 Å². The van der Waals surface area contributed by atoms with Gasteiger partial charge in [-0.2, -0.15) is 0 Å². The lowest BCUT2D eigenvalue weighted by atomic mass is 9.82. The molecule has 2 aromatic carbocycles. The molecule has 1 atom stereocenters. The molecule has 0 bridgehead atoms. The Hall–Kier alpha value is -3.61. The van der Waals surface area contributed by atoms with Crippen LogP contribution in [0.1, 0.15) is 48.3 Å². The van der Waals surface area contributed by atoms with Crippen LogP contribution in [-0.4, -0.2) is 46.9 Å². The number of carboxylic acids is 1. The van der Waals surface area contributed by atoms with Gasteiger partial charge in [-0.05, 0) is 35.4 Å². The van der Waals surface area contributed by atoms with Gasteiger partial charge >= 0.3 is 5.97 Å². The second-order valence-electron chi connectivity index (χ2n) is 9.17. The van der Waals surface area contributed by atoms with Crippen molar-refractivity contribution in [3.8, 4) is 0 Å². The van der Waals surface area contributed by atoms with Gasteiger partial charge in [-0.25, -0.2) is 4.79 Å². The van der Waals surface area contributed by atoms with Crippen LogP contribution in [0.4, 0.5) is 5.69 Å². The summed E-state index contributed by atoms with van der Waals surface area (Å²) < 4.78 is 0. The Bertz CT molecular complexity index is 1080. The van der Waals surface area contributed by atoms with Crippen LogP contribution >= 0.6 is 0 Å². The van der Waals surface area contributed by atoms with Gasteiger partial charge in [-0.15, -0.1) is 0 Å². The molecular weight excluding hydrogens is 408 g/mol. The molecule has 2 aromatic rings. The highest BCUT2D eigenvalue weighted by molar-refractivity contribution is 6.10. The molecular formula is C25H28N2O5. The quantitative estimate of drug-likeness (QED) is 0.711. The van der Waals surface area contributed by atoms with E-state index in [0.29, 0.717) is 11.1 Å². The SMILES string of the molecule is CN(C)c1ccc(C2C(C(=O)C(C)(C)C)=C(O)C(=O)N2Cc2ccc(C(=O)O)cc2)cc1. The molecule has 0 saturated heterocycles. The summed E-state index contributed by atoms with van der Waals surface area (Å²) in [6.45, 7) is 5.36. The molecule has 7 heteroatoms. The summed E-state index contributed by atoms with van der Waals surface area (Å²) in [4.78, 5) is 40.8. The number of hydrogen-bond acceptors (Lipinski definition) is 5. The van der Waals surface area contributed by atoms with Crippen molar-refractivity contribution in [3.63, 3.8) is 0 Å². The highest BCUT2D eigenvalue weighted by atomic mass is 16.4. The number of aliphatic hydroxyl groups is 1. The number of carbonyl (C=O) groups excluding carboxylic acids is 2. The van der Waals surface area contributed by atoms with Crippen molar-refractivity contribution < 1.29 is 24.6 Å². The van der Waals surface area contributed by atoms with Crippen LogP contribution in [0, 0.1) is 5.41 Å². The average molecular weight is 437 g/mol.